The Morgan fingerprint density at radius 2 is 1.96 bits per heavy atom. The molecule has 2 amide bonds. The van der Waals surface area contributed by atoms with Gasteiger partial charge in [0, 0.05) is 31.7 Å². The second kappa shape index (κ2) is 9.36. The molecule has 27 heavy (non-hydrogen) atoms. The number of piperidine rings is 1. The summed E-state index contributed by atoms with van der Waals surface area (Å²) in [5.74, 6) is 0.223. The first-order valence-electron chi connectivity index (χ1n) is 10.5. The van der Waals surface area contributed by atoms with Gasteiger partial charge in [-0.15, -0.1) is 0 Å². The number of benzene rings is 1. The number of para-hydroxylation sites is 1. The Bertz CT molecular complexity index is 655. The highest BCUT2D eigenvalue weighted by Gasteiger charge is 2.36. The largest absolute Gasteiger partial charge is 0.355 e. The highest BCUT2D eigenvalue weighted by molar-refractivity contribution is 6.00. The number of amides is 2. The molecule has 2 aliphatic heterocycles. The number of rotatable bonds is 7. The van der Waals surface area contributed by atoms with E-state index in [1.165, 1.54) is 24.8 Å². The zero-order valence-electron chi connectivity index (χ0n) is 16.7. The summed E-state index contributed by atoms with van der Waals surface area (Å²) in [6.45, 7) is 8.69. The van der Waals surface area contributed by atoms with Gasteiger partial charge < -0.3 is 15.1 Å². The molecule has 0 radical (unpaired) electrons. The van der Waals surface area contributed by atoms with Gasteiger partial charge in [0.1, 0.15) is 0 Å². The Labute approximate surface area is 163 Å². The molecule has 5 heteroatoms. The van der Waals surface area contributed by atoms with E-state index in [1.807, 2.05) is 23.1 Å². The first-order chi connectivity index (χ1) is 13.1. The third kappa shape index (κ3) is 4.89. The molecule has 2 saturated heterocycles. The molecule has 2 aliphatic rings. The van der Waals surface area contributed by atoms with E-state index < -0.39 is 0 Å². The average Bonchev–Trinajstić information content (AvgIpc) is 3.09. The maximum Gasteiger partial charge on any atom is 0.227 e. The third-order valence-electron chi connectivity index (χ3n) is 6.04. The zero-order chi connectivity index (χ0) is 19.2. The molecule has 1 N–H and O–H groups in total. The monoisotopic (exact) mass is 371 g/mol. The van der Waals surface area contributed by atoms with Crippen molar-refractivity contribution in [2.24, 2.45) is 5.92 Å². The molecule has 1 aromatic carbocycles. The van der Waals surface area contributed by atoms with Crippen molar-refractivity contribution in [3.63, 3.8) is 0 Å². The van der Waals surface area contributed by atoms with Gasteiger partial charge >= 0.3 is 0 Å². The highest BCUT2D eigenvalue weighted by Crippen LogP contribution is 2.33. The molecule has 2 unspecified atom stereocenters. The lowest BCUT2D eigenvalue weighted by Crippen LogP contribution is -2.40. The number of carbonyl (C=O) groups excluding carboxylic acids is 2. The number of hydrogen-bond donors (Lipinski definition) is 1. The van der Waals surface area contributed by atoms with Crippen LogP contribution in [0.3, 0.4) is 0 Å². The molecule has 1 aromatic rings. The second-order valence-electron chi connectivity index (χ2n) is 7.97. The van der Waals surface area contributed by atoms with Gasteiger partial charge in [-0.1, -0.05) is 38.5 Å². The van der Waals surface area contributed by atoms with E-state index in [-0.39, 0.29) is 17.7 Å². The fourth-order valence-corrected chi connectivity index (χ4v) is 4.15. The minimum Gasteiger partial charge on any atom is -0.355 e. The van der Waals surface area contributed by atoms with E-state index in [2.05, 4.69) is 30.1 Å². The van der Waals surface area contributed by atoms with Gasteiger partial charge in [-0.05, 0) is 49.9 Å². The van der Waals surface area contributed by atoms with Crippen LogP contribution >= 0.6 is 0 Å². The molecule has 2 heterocycles. The van der Waals surface area contributed by atoms with Gasteiger partial charge in [0.2, 0.25) is 11.8 Å². The van der Waals surface area contributed by atoms with Gasteiger partial charge in [-0.3, -0.25) is 9.59 Å². The number of nitrogens with one attached hydrogen (secondary N) is 1. The summed E-state index contributed by atoms with van der Waals surface area (Å²) in [5.41, 5.74) is 2.17. The molecule has 2 atom stereocenters. The lowest BCUT2D eigenvalue weighted by Gasteiger charge is -2.26. The smallest absolute Gasteiger partial charge is 0.227 e. The van der Waals surface area contributed by atoms with Crippen LogP contribution in [0.5, 0.6) is 0 Å². The number of nitrogens with zero attached hydrogens (tertiary/aromatic N) is 2. The maximum absolute atomic E-state index is 12.6. The van der Waals surface area contributed by atoms with Crippen molar-refractivity contribution in [2.75, 3.05) is 37.6 Å². The molecule has 148 valence electrons. The minimum atomic E-state index is -0.246. The topological polar surface area (TPSA) is 52.7 Å². The first kappa shape index (κ1) is 19.9. The molecule has 0 aliphatic carbocycles. The molecule has 5 nitrogen and oxygen atoms in total. The lowest BCUT2D eigenvalue weighted by atomic mass is 9.96. The molecular weight excluding hydrogens is 338 g/mol. The van der Waals surface area contributed by atoms with Gasteiger partial charge in [-0.25, -0.2) is 0 Å². The number of hydrogen-bond acceptors (Lipinski definition) is 3. The van der Waals surface area contributed by atoms with Crippen LogP contribution in [0.2, 0.25) is 0 Å². The van der Waals surface area contributed by atoms with E-state index in [0.29, 0.717) is 25.4 Å². The molecule has 0 saturated carbocycles. The van der Waals surface area contributed by atoms with Crippen LogP contribution in [0.4, 0.5) is 5.69 Å². The maximum atomic E-state index is 12.6. The summed E-state index contributed by atoms with van der Waals surface area (Å²) in [4.78, 5) is 29.4. The van der Waals surface area contributed by atoms with Crippen molar-refractivity contribution in [3.8, 4) is 0 Å². The van der Waals surface area contributed by atoms with Crippen molar-refractivity contribution < 1.29 is 9.59 Å². The predicted octanol–water partition coefficient (Wildman–Crippen LogP) is 3.16. The third-order valence-corrected chi connectivity index (χ3v) is 6.04. The van der Waals surface area contributed by atoms with Crippen LogP contribution in [0, 0.1) is 5.92 Å². The molecule has 2 fully saturated rings. The van der Waals surface area contributed by atoms with Gasteiger partial charge in [0.25, 0.3) is 0 Å². The first-order valence-corrected chi connectivity index (χ1v) is 10.5. The second-order valence-corrected chi connectivity index (χ2v) is 7.97. The molecule has 0 spiro atoms. The SMILES string of the molecule is CCC(C)c1ccccc1N1CC(C(=O)NCCN2CCCCC2)CC1=O. The summed E-state index contributed by atoms with van der Waals surface area (Å²) in [7, 11) is 0. The lowest BCUT2D eigenvalue weighted by molar-refractivity contribution is -0.126. The number of anilines is 1. The molecule has 0 bridgehead atoms. The Morgan fingerprint density at radius 3 is 2.70 bits per heavy atom. The summed E-state index contributed by atoms with van der Waals surface area (Å²) < 4.78 is 0. The van der Waals surface area contributed by atoms with Crippen LogP contribution in [0.15, 0.2) is 24.3 Å². The number of carbonyl (C=O) groups is 2. The van der Waals surface area contributed by atoms with E-state index in [4.69, 9.17) is 0 Å². The van der Waals surface area contributed by atoms with Crippen molar-refractivity contribution in [3.05, 3.63) is 29.8 Å². The van der Waals surface area contributed by atoms with Gasteiger partial charge in [0.05, 0.1) is 5.92 Å². The van der Waals surface area contributed by atoms with E-state index >= 15 is 0 Å². The van der Waals surface area contributed by atoms with Gasteiger partial charge in [0.15, 0.2) is 0 Å². The fraction of sp³-hybridized carbons (Fsp3) is 0.636. The Balaban J connectivity index is 1.56. The van der Waals surface area contributed by atoms with E-state index in [9.17, 15) is 9.59 Å². The van der Waals surface area contributed by atoms with Gasteiger partial charge in [-0.2, -0.15) is 0 Å². The molecule has 3 rings (SSSR count). The van der Waals surface area contributed by atoms with Crippen LogP contribution in [-0.2, 0) is 9.59 Å². The van der Waals surface area contributed by atoms with Crippen LogP contribution in [-0.4, -0.2) is 49.4 Å². The standard InChI is InChI=1S/C22H33N3O2/c1-3-17(2)19-9-5-6-10-20(19)25-16-18(15-21(25)26)22(27)23-11-14-24-12-7-4-8-13-24/h5-6,9-10,17-18H,3-4,7-8,11-16H2,1-2H3,(H,23,27). The van der Waals surface area contributed by atoms with Crippen LogP contribution in [0.1, 0.15) is 57.4 Å². The van der Waals surface area contributed by atoms with Crippen molar-refractivity contribution in [2.45, 2.75) is 51.9 Å². The summed E-state index contributed by atoms with van der Waals surface area (Å²) in [6, 6.07) is 8.11. The Hall–Kier alpha value is -1.88. The normalized spacial score (nSPS) is 22.1. The Kier molecular flexibility index (Phi) is 6.89. The zero-order valence-corrected chi connectivity index (χ0v) is 16.7. The van der Waals surface area contributed by atoms with E-state index in [1.54, 1.807) is 0 Å². The molecular formula is C22H33N3O2. The van der Waals surface area contributed by atoms with E-state index in [0.717, 1.165) is 31.7 Å². The average molecular weight is 372 g/mol. The van der Waals surface area contributed by atoms with Crippen molar-refractivity contribution in [1.29, 1.82) is 0 Å². The minimum absolute atomic E-state index is 0.0175. The molecule has 0 aromatic heterocycles. The van der Waals surface area contributed by atoms with Crippen LogP contribution < -0.4 is 10.2 Å². The van der Waals surface area contributed by atoms with Crippen LogP contribution in [0.25, 0.3) is 0 Å². The summed E-state index contributed by atoms with van der Waals surface area (Å²) in [6.07, 6.45) is 5.18. The Morgan fingerprint density at radius 1 is 1.22 bits per heavy atom. The van der Waals surface area contributed by atoms with Crippen molar-refractivity contribution in [1.82, 2.24) is 10.2 Å². The highest BCUT2D eigenvalue weighted by atomic mass is 16.2. The summed E-state index contributed by atoms with van der Waals surface area (Å²) >= 11 is 0. The fourth-order valence-electron chi connectivity index (χ4n) is 4.15. The summed E-state index contributed by atoms with van der Waals surface area (Å²) in [5, 5.41) is 3.05. The van der Waals surface area contributed by atoms with Crippen molar-refractivity contribution >= 4 is 17.5 Å². The number of likely N-dealkylation sites (tertiary alicyclic amines) is 1. The quantitative estimate of drug-likeness (QED) is 0.801. The predicted molar refractivity (Wildman–Crippen MR) is 109 cm³/mol.